The van der Waals surface area contributed by atoms with Crippen molar-refractivity contribution in [2.24, 2.45) is 0 Å². The highest BCUT2D eigenvalue weighted by atomic mass is 32.1. The number of benzene rings is 5. The molecule has 3 nitrogen and oxygen atoms in total. The Morgan fingerprint density at radius 1 is 0.400 bits per heavy atom. The zero-order valence-corrected chi connectivity index (χ0v) is 19.5. The Morgan fingerprint density at radius 2 is 1.00 bits per heavy atom. The summed E-state index contributed by atoms with van der Waals surface area (Å²) in [5.74, 6) is 2.03. The first-order valence-corrected chi connectivity index (χ1v) is 12.4. The lowest BCUT2D eigenvalue weighted by Gasteiger charge is -2.09. The zero-order valence-electron chi connectivity index (χ0n) is 18.7. The third-order valence-corrected chi connectivity index (χ3v) is 7.43. The van der Waals surface area contributed by atoms with Gasteiger partial charge in [-0.25, -0.2) is 15.0 Å². The van der Waals surface area contributed by atoms with Crippen molar-refractivity contribution < 1.29 is 0 Å². The van der Waals surface area contributed by atoms with E-state index in [9.17, 15) is 0 Å². The predicted octanol–water partition coefficient (Wildman–Crippen LogP) is 8.39. The molecule has 0 unspecified atom stereocenters. The number of aromatic nitrogens is 3. The Morgan fingerprint density at radius 3 is 1.69 bits per heavy atom. The van der Waals surface area contributed by atoms with Crippen LogP contribution in [0.4, 0.5) is 0 Å². The van der Waals surface area contributed by atoms with Gasteiger partial charge in [-0.15, -0.1) is 11.3 Å². The highest BCUT2D eigenvalue weighted by molar-refractivity contribution is 7.25. The molecular weight excluding hydrogens is 446 g/mol. The summed E-state index contributed by atoms with van der Waals surface area (Å²) in [4.78, 5) is 14.6. The van der Waals surface area contributed by atoms with E-state index >= 15 is 0 Å². The highest BCUT2D eigenvalue weighted by Crippen LogP contribution is 2.37. The Hall–Kier alpha value is -4.41. The normalized spacial score (nSPS) is 11.4. The van der Waals surface area contributed by atoms with Gasteiger partial charge in [0, 0.05) is 36.9 Å². The third kappa shape index (κ3) is 3.56. The van der Waals surface area contributed by atoms with Gasteiger partial charge in [0.25, 0.3) is 0 Å². The molecular formula is C31H19N3S. The SMILES string of the molecule is c1ccc(-c2nc(-c3ccccc3)nc(-c3ccc4cc5c(cc4c3)sc3ccccc35)n2)cc1. The van der Waals surface area contributed by atoms with Crippen LogP contribution in [-0.4, -0.2) is 15.0 Å². The molecule has 0 atom stereocenters. The van der Waals surface area contributed by atoms with Gasteiger partial charge in [0.1, 0.15) is 0 Å². The molecule has 0 spiro atoms. The summed E-state index contributed by atoms with van der Waals surface area (Å²) < 4.78 is 2.61. The van der Waals surface area contributed by atoms with Crippen LogP contribution in [0.5, 0.6) is 0 Å². The summed E-state index contributed by atoms with van der Waals surface area (Å²) in [5, 5.41) is 5.02. The topological polar surface area (TPSA) is 38.7 Å². The minimum atomic E-state index is 0.675. The molecule has 7 rings (SSSR count). The van der Waals surface area contributed by atoms with Crippen LogP contribution in [0.25, 0.3) is 65.1 Å². The molecule has 0 saturated heterocycles. The van der Waals surface area contributed by atoms with E-state index in [-0.39, 0.29) is 0 Å². The van der Waals surface area contributed by atoms with Crippen molar-refractivity contribution in [2.75, 3.05) is 0 Å². The van der Waals surface area contributed by atoms with E-state index in [1.54, 1.807) is 0 Å². The highest BCUT2D eigenvalue weighted by Gasteiger charge is 2.13. The molecule has 2 heterocycles. The number of thiophene rings is 1. The molecule has 0 N–H and O–H groups in total. The maximum absolute atomic E-state index is 4.88. The van der Waals surface area contributed by atoms with Crippen molar-refractivity contribution in [2.45, 2.75) is 0 Å². The quantitative estimate of drug-likeness (QED) is 0.263. The summed E-state index contributed by atoms with van der Waals surface area (Å²) in [6.07, 6.45) is 0. The van der Waals surface area contributed by atoms with Gasteiger partial charge in [-0.3, -0.25) is 0 Å². The van der Waals surface area contributed by atoms with Crippen LogP contribution in [0.3, 0.4) is 0 Å². The lowest BCUT2D eigenvalue weighted by Crippen LogP contribution is -2.00. The molecule has 0 bridgehead atoms. The second kappa shape index (κ2) is 8.12. The van der Waals surface area contributed by atoms with Crippen LogP contribution in [0.2, 0.25) is 0 Å². The van der Waals surface area contributed by atoms with Crippen LogP contribution >= 0.6 is 11.3 Å². The van der Waals surface area contributed by atoms with Crippen molar-refractivity contribution in [3.8, 4) is 34.2 Å². The van der Waals surface area contributed by atoms with Crippen molar-refractivity contribution in [3.63, 3.8) is 0 Å². The maximum Gasteiger partial charge on any atom is 0.164 e. The molecule has 4 heteroatoms. The Balaban J connectivity index is 1.42. The van der Waals surface area contributed by atoms with Crippen LogP contribution < -0.4 is 0 Å². The van der Waals surface area contributed by atoms with Crippen LogP contribution in [0.15, 0.2) is 115 Å². The van der Waals surface area contributed by atoms with E-state index in [1.807, 2.05) is 72.0 Å². The summed E-state index contributed by atoms with van der Waals surface area (Å²) in [6.45, 7) is 0. The van der Waals surface area contributed by atoms with Crippen molar-refractivity contribution in [1.82, 2.24) is 15.0 Å². The molecule has 0 aliphatic carbocycles. The average molecular weight is 466 g/mol. The molecule has 0 aliphatic heterocycles. The van der Waals surface area contributed by atoms with Gasteiger partial charge in [0.15, 0.2) is 17.5 Å². The molecule has 5 aromatic carbocycles. The van der Waals surface area contributed by atoms with Gasteiger partial charge in [0.2, 0.25) is 0 Å². The average Bonchev–Trinajstić information content (AvgIpc) is 3.29. The molecule has 0 fully saturated rings. The molecule has 0 aliphatic rings. The number of rotatable bonds is 3. The number of hydrogen-bond donors (Lipinski definition) is 0. The first-order chi connectivity index (χ1) is 17.3. The summed E-state index contributed by atoms with van der Waals surface area (Å²) in [5.41, 5.74) is 2.93. The number of hydrogen-bond acceptors (Lipinski definition) is 4. The fourth-order valence-corrected chi connectivity index (χ4v) is 5.68. The van der Waals surface area contributed by atoms with Crippen LogP contribution in [-0.2, 0) is 0 Å². The minimum absolute atomic E-state index is 0.675. The zero-order chi connectivity index (χ0) is 23.2. The van der Waals surface area contributed by atoms with Gasteiger partial charge >= 0.3 is 0 Å². The second-order valence-corrected chi connectivity index (χ2v) is 9.63. The molecule has 7 aromatic rings. The van der Waals surface area contributed by atoms with E-state index in [1.165, 1.54) is 30.9 Å². The summed E-state index contributed by atoms with van der Waals surface area (Å²) >= 11 is 1.84. The molecule has 2 aromatic heterocycles. The third-order valence-electron chi connectivity index (χ3n) is 6.29. The monoisotopic (exact) mass is 465 g/mol. The van der Waals surface area contributed by atoms with Crippen LogP contribution in [0, 0.1) is 0 Å². The van der Waals surface area contributed by atoms with Gasteiger partial charge in [-0.05, 0) is 35.0 Å². The van der Waals surface area contributed by atoms with E-state index in [0.29, 0.717) is 17.5 Å². The Bertz CT molecular complexity index is 1780. The predicted molar refractivity (Wildman–Crippen MR) is 147 cm³/mol. The fraction of sp³-hybridized carbons (Fsp3) is 0. The van der Waals surface area contributed by atoms with E-state index in [2.05, 4.69) is 54.6 Å². The van der Waals surface area contributed by atoms with Gasteiger partial charge in [-0.2, -0.15) is 0 Å². The number of nitrogens with zero attached hydrogens (tertiary/aromatic N) is 3. The van der Waals surface area contributed by atoms with Gasteiger partial charge in [-0.1, -0.05) is 91.0 Å². The smallest absolute Gasteiger partial charge is 0.164 e. The van der Waals surface area contributed by atoms with Gasteiger partial charge < -0.3 is 0 Å². The largest absolute Gasteiger partial charge is 0.208 e. The minimum Gasteiger partial charge on any atom is -0.208 e. The van der Waals surface area contributed by atoms with Crippen molar-refractivity contribution in [3.05, 3.63) is 115 Å². The summed E-state index contributed by atoms with van der Waals surface area (Å²) in [7, 11) is 0. The molecule has 0 amide bonds. The molecule has 0 saturated carbocycles. The van der Waals surface area contributed by atoms with Crippen molar-refractivity contribution in [1.29, 1.82) is 0 Å². The first-order valence-electron chi connectivity index (χ1n) is 11.5. The summed E-state index contributed by atoms with van der Waals surface area (Å²) in [6, 6.07) is 39.8. The lowest BCUT2D eigenvalue weighted by molar-refractivity contribution is 1.07. The van der Waals surface area contributed by atoms with E-state index in [0.717, 1.165) is 16.7 Å². The maximum atomic E-state index is 4.88. The first kappa shape index (κ1) is 20.0. The molecule has 0 radical (unpaired) electrons. The Kier molecular flexibility index (Phi) is 4.64. The lowest BCUT2D eigenvalue weighted by atomic mass is 10.0. The van der Waals surface area contributed by atoms with Gasteiger partial charge in [0.05, 0.1) is 0 Å². The Labute approximate surface area is 206 Å². The molecule has 35 heavy (non-hydrogen) atoms. The van der Waals surface area contributed by atoms with E-state index < -0.39 is 0 Å². The fourth-order valence-electron chi connectivity index (χ4n) is 4.55. The number of fused-ring (bicyclic) bond motifs is 4. The van der Waals surface area contributed by atoms with E-state index in [4.69, 9.17) is 15.0 Å². The second-order valence-electron chi connectivity index (χ2n) is 8.55. The standard InChI is InChI=1S/C31H19N3S/c1-3-9-20(10-4-1)29-32-30(21-11-5-2-6-12-21)34-31(33-29)23-16-15-22-18-26-25-13-7-8-14-27(25)35-28(26)19-24(22)17-23/h1-19H. The molecule has 164 valence electrons. The van der Waals surface area contributed by atoms with Crippen LogP contribution in [0.1, 0.15) is 0 Å². The van der Waals surface area contributed by atoms with Crippen molar-refractivity contribution >= 4 is 42.3 Å².